The van der Waals surface area contributed by atoms with E-state index >= 15 is 0 Å². The number of amides is 5. The van der Waals surface area contributed by atoms with Gasteiger partial charge in [-0.05, 0) is 126 Å². The Morgan fingerprint density at radius 2 is 1.08 bits per heavy atom. The first-order chi connectivity index (χ1) is 40.3. The highest BCUT2D eigenvalue weighted by molar-refractivity contribution is 8.13. The van der Waals surface area contributed by atoms with E-state index in [0.29, 0.717) is 73.2 Å². The van der Waals surface area contributed by atoms with Gasteiger partial charge in [-0.1, -0.05) is 36.0 Å². The smallest absolute Gasteiger partial charge is 0.435 e. The molecule has 0 saturated heterocycles. The van der Waals surface area contributed by atoms with E-state index in [1.54, 1.807) is 34.3 Å². The molecular formula is C57H61N9O16S3. The fraction of sp³-hybridized carbons (Fsp3) is 0.228. The van der Waals surface area contributed by atoms with Gasteiger partial charge in [0.25, 0.3) is 17.8 Å². The number of alkyl carbamates (subject to hydrolysis) is 1. The lowest BCUT2D eigenvalue weighted by Gasteiger charge is -2.20. The number of H-pyrrole nitrogens is 1. The number of carbonyl (C=O) groups is 6. The number of carboxylic acid groups (broad SMARTS) is 1. The Labute approximate surface area is 493 Å². The topological polar surface area (TPSA) is 361 Å². The number of nitrogen functional groups attached to an aromatic ring is 2. The number of benzene rings is 6. The molecule has 3 heterocycles. The van der Waals surface area contributed by atoms with E-state index < -0.39 is 43.9 Å². The maximum atomic E-state index is 13.2. The summed E-state index contributed by atoms with van der Waals surface area (Å²) in [6.07, 6.45) is 1.84. The molecule has 2 aliphatic heterocycles. The van der Waals surface area contributed by atoms with E-state index in [-0.39, 0.29) is 32.7 Å². The number of ether oxygens (including phenoxy) is 5. The van der Waals surface area contributed by atoms with Crippen LogP contribution in [-0.4, -0.2) is 149 Å². The minimum Gasteiger partial charge on any atom is -0.491 e. The van der Waals surface area contributed by atoms with Crippen LogP contribution in [0.2, 0.25) is 0 Å². The Kier molecular flexibility index (Phi) is 22.0. The molecule has 0 radical (unpaired) electrons. The minimum absolute atomic E-state index is 0.124. The predicted molar refractivity (Wildman–Crippen MR) is 320 cm³/mol. The third-order valence-electron chi connectivity index (χ3n) is 12.3. The molecule has 7 aromatic rings. The molecule has 25 nitrogen and oxygen atoms in total. The molecule has 0 aliphatic carbocycles. The molecule has 0 unspecified atom stereocenters. The molecule has 0 spiro atoms. The molecule has 448 valence electrons. The zero-order valence-corrected chi connectivity index (χ0v) is 49.5. The number of thioether (sulfide) groups is 1. The summed E-state index contributed by atoms with van der Waals surface area (Å²) in [6, 6.07) is 34.8. The van der Waals surface area contributed by atoms with E-state index in [1.165, 1.54) is 57.7 Å². The first-order valence-corrected chi connectivity index (χ1v) is 30.3. The molecule has 8 N–H and O–H groups in total. The fourth-order valence-corrected chi connectivity index (χ4v) is 9.70. The van der Waals surface area contributed by atoms with Crippen molar-refractivity contribution in [2.24, 2.45) is 4.99 Å². The van der Waals surface area contributed by atoms with Crippen LogP contribution in [0.25, 0.3) is 33.3 Å². The SMILES string of the molecule is CC(=O)O.COC(=O)N=C(NC(=O)OC)SC.COC(=O)Nc1nc2ccc(-c3ccc4c(c3)CN(C(=O)c3ccc(S(C)(=O)=O)cc3)CCO4)cc2[nH]1.CS(=O)(=O)c1ccc(C(=O)N2CCOc3ccc(-c4ccc(N)c(N)c4)cc3C2)cc1. The summed E-state index contributed by atoms with van der Waals surface area (Å²) < 4.78 is 71.7. The molecule has 28 heteroatoms. The average Bonchev–Trinajstić information content (AvgIpc) is 3.90. The van der Waals surface area contributed by atoms with Crippen LogP contribution < -0.4 is 31.6 Å². The molecular weight excluding hydrogens is 1160 g/mol. The van der Waals surface area contributed by atoms with Crippen molar-refractivity contribution in [3.8, 4) is 33.8 Å². The molecule has 0 fully saturated rings. The van der Waals surface area contributed by atoms with Crippen molar-refractivity contribution in [2.45, 2.75) is 29.8 Å². The average molecular weight is 1220 g/mol. The first kappa shape index (κ1) is 64.5. The van der Waals surface area contributed by atoms with Gasteiger partial charge in [-0.3, -0.25) is 25.0 Å². The van der Waals surface area contributed by atoms with Crippen LogP contribution in [-0.2, 0) is 51.8 Å². The number of nitrogens with two attached hydrogens (primary N) is 2. The number of methoxy groups -OCH3 is 3. The maximum absolute atomic E-state index is 13.2. The number of imidazole rings is 1. The molecule has 0 bridgehead atoms. The van der Waals surface area contributed by atoms with E-state index in [4.69, 9.17) is 30.8 Å². The summed E-state index contributed by atoms with van der Waals surface area (Å²) in [5.41, 5.74) is 20.5. The minimum atomic E-state index is -3.34. The van der Waals surface area contributed by atoms with Crippen molar-refractivity contribution in [1.29, 1.82) is 0 Å². The van der Waals surface area contributed by atoms with Gasteiger partial charge in [-0.2, -0.15) is 4.99 Å². The van der Waals surface area contributed by atoms with E-state index in [9.17, 15) is 40.8 Å². The predicted octanol–water partition coefficient (Wildman–Crippen LogP) is 7.72. The van der Waals surface area contributed by atoms with Gasteiger partial charge in [0, 0.05) is 54.8 Å². The summed E-state index contributed by atoms with van der Waals surface area (Å²) in [5.74, 6) is 0.506. The number of rotatable bonds is 7. The number of nitrogens with zero attached hydrogens (tertiary/aromatic N) is 4. The third-order valence-corrected chi connectivity index (χ3v) is 15.1. The monoisotopic (exact) mass is 1220 g/mol. The number of amidine groups is 1. The quantitative estimate of drug-likeness (QED) is 0.0385. The third kappa shape index (κ3) is 18.2. The van der Waals surface area contributed by atoms with Crippen molar-refractivity contribution in [3.05, 3.63) is 144 Å². The number of carbonyl (C=O) groups excluding carboxylic acids is 5. The number of aliphatic imine (C=N–C) groups is 1. The molecule has 0 saturated carbocycles. The number of hydrogen-bond acceptors (Lipinski definition) is 19. The van der Waals surface area contributed by atoms with Crippen molar-refractivity contribution >= 4 is 101 Å². The van der Waals surface area contributed by atoms with Crippen LogP contribution in [0.3, 0.4) is 0 Å². The Morgan fingerprint density at radius 1 is 0.635 bits per heavy atom. The Hall–Kier alpha value is -9.67. The van der Waals surface area contributed by atoms with E-state index in [0.717, 1.165) is 75.8 Å². The zero-order chi connectivity index (χ0) is 62.2. The highest BCUT2D eigenvalue weighted by atomic mass is 32.2. The summed E-state index contributed by atoms with van der Waals surface area (Å²) >= 11 is 1.09. The van der Waals surface area contributed by atoms with Crippen LogP contribution in [0.1, 0.15) is 38.8 Å². The summed E-state index contributed by atoms with van der Waals surface area (Å²) in [5, 5.41) is 12.3. The van der Waals surface area contributed by atoms with Crippen LogP contribution in [0.15, 0.2) is 136 Å². The number of anilines is 3. The fourth-order valence-electron chi connectivity index (χ4n) is 8.09. The van der Waals surface area contributed by atoms with Gasteiger partial charge in [0.15, 0.2) is 24.8 Å². The molecule has 1 aromatic heterocycles. The van der Waals surface area contributed by atoms with Gasteiger partial charge >= 0.3 is 18.3 Å². The second kappa shape index (κ2) is 29.0. The maximum Gasteiger partial charge on any atom is 0.435 e. The Bertz CT molecular complexity index is 3870. The van der Waals surface area contributed by atoms with E-state index in [1.807, 2.05) is 66.7 Å². The highest BCUT2D eigenvalue weighted by Gasteiger charge is 2.24. The van der Waals surface area contributed by atoms with Crippen LogP contribution in [0.4, 0.5) is 31.7 Å². The van der Waals surface area contributed by atoms with Gasteiger partial charge < -0.3 is 55.0 Å². The van der Waals surface area contributed by atoms with Crippen LogP contribution in [0.5, 0.6) is 11.5 Å². The number of fused-ring (bicyclic) bond motifs is 3. The standard InChI is InChI=1S/C26H24N4O6S.C23H23N3O4S.C6H10N2O4S.C2H4O2/c1-35-26(32)29-25-27-21-9-5-18(14-22(21)28-25)17-6-10-23-19(13-17)15-30(11-12-36-23)24(31)16-3-7-20(8-4-16)37(2,33)34;1-31(28,29)19-6-2-15(3-7-19)23(27)26-10-11-30-22-9-5-16(12-18(22)14-26)17-4-8-20(24)21(25)13-17;1-11-5(9)7-4(13-3)8-6(10)12-2;1-2(3)4/h3-10,13-14H,11-12,15H2,1-2H3,(H2,27,28,29,32);2-9,12-13H,10-11,14,24-25H2,1H3;1-3H3,(H,7,8,9,10);1H3,(H,3,4). The van der Waals surface area contributed by atoms with Crippen molar-refractivity contribution in [3.63, 3.8) is 0 Å². The number of aromatic nitrogens is 2. The highest BCUT2D eigenvalue weighted by Crippen LogP contribution is 2.34. The van der Waals surface area contributed by atoms with Crippen molar-refractivity contribution in [1.82, 2.24) is 25.1 Å². The largest absolute Gasteiger partial charge is 0.491 e. The number of carboxylic acids is 1. The zero-order valence-electron chi connectivity index (χ0n) is 47.0. The lowest BCUT2D eigenvalue weighted by atomic mass is 10.0. The Morgan fingerprint density at radius 3 is 1.52 bits per heavy atom. The molecule has 2 aliphatic rings. The van der Waals surface area contributed by atoms with Crippen LogP contribution >= 0.6 is 11.8 Å². The Balaban J connectivity index is 0.000000217. The summed E-state index contributed by atoms with van der Waals surface area (Å²) in [6.45, 7) is 3.33. The second-order valence-electron chi connectivity index (χ2n) is 18.4. The molecule has 9 rings (SSSR count). The molecule has 0 atom stereocenters. The van der Waals surface area contributed by atoms with Gasteiger partial charge in [-0.25, -0.2) is 36.2 Å². The second-order valence-corrected chi connectivity index (χ2v) is 23.2. The van der Waals surface area contributed by atoms with Crippen LogP contribution in [0, 0.1) is 0 Å². The normalized spacial score (nSPS) is 12.8. The van der Waals surface area contributed by atoms with Crippen molar-refractivity contribution in [2.75, 3.05) is 83.2 Å². The molecule has 6 aromatic carbocycles. The lowest BCUT2D eigenvalue weighted by Crippen LogP contribution is -2.32. The number of aromatic amines is 1. The van der Waals surface area contributed by atoms with Gasteiger partial charge in [0.1, 0.15) is 24.7 Å². The first-order valence-electron chi connectivity index (χ1n) is 25.3. The van der Waals surface area contributed by atoms with Gasteiger partial charge in [0.2, 0.25) is 5.95 Å². The number of aliphatic carboxylic acids is 1. The number of sulfone groups is 2. The number of hydrogen-bond donors (Lipinski definition) is 6. The van der Waals surface area contributed by atoms with Crippen molar-refractivity contribution < 1.29 is 74.4 Å². The lowest BCUT2D eigenvalue weighted by molar-refractivity contribution is -0.134. The summed E-state index contributed by atoms with van der Waals surface area (Å²) in [4.78, 5) is 82.6. The number of nitrogens with one attached hydrogen (secondary N) is 3. The van der Waals surface area contributed by atoms with Gasteiger partial charge in [0.05, 0.1) is 66.6 Å². The van der Waals surface area contributed by atoms with Gasteiger partial charge in [-0.15, -0.1) is 0 Å². The molecule has 85 heavy (non-hydrogen) atoms. The summed E-state index contributed by atoms with van der Waals surface area (Å²) in [7, 11) is -2.97. The molecule has 5 amide bonds. The van der Waals surface area contributed by atoms with E-state index in [2.05, 4.69) is 39.8 Å².